The lowest BCUT2D eigenvalue weighted by Gasteiger charge is -2.06. The van der Waals surface area contributed by atoms with Crippen LogP contribution in [0.15, 0.2) is 16.6 Å². The summed E-state index contributed by atoms with van der Waals surface area (Å²) in [6.45, 7) is -0.0736. The van der Waals surface area contributed by atoms with Crippen molar-refractivity contribution in [2.75, 3.05) is 6.61 Å². The van der Waals surface area contributed by atoms with Crippen molar-refractivity contribution in [3.8, 4) is 18.1 Å². The Balaban J connectivity index is 3.11. The van der Waals surface area contributed by atoms with E-state index < -0.39 is 11.8 Å². The second kappa shape index (κ2) is 4.80. The zero-order chi connectivity index (χ0) is 11.4. The lowest BCUT2D eigenvalue weighted by Crippen LogP contribution is -2.02. The Morgan fingerprint density at radius 2 is 2.33 bits per heavy atom. The van der Waals surface area contributed by atoms with Gasteiger partial charge in [-0.1, -0.05) is 5.92 Å². The van der Waals surface area contributed by atoms with Crippen molar-refractivity contribution in [2.45, 2.75) is 0 Å². The van der Waals surface area contributed by atoms with Gasteiger partial charge in [-0.15, -0.1) is 6.42 Å². The van der Waals surface area contributed by atoms with Crippen LogP contribution in [0.1, 0.15) is 10.4 Å². The quantitative estimate of drug-likeness (QED) is 0.859. The maximum absolute atomic E-state index is 13.4. The van der Waals surface area contributed by atoms with E-state index >= 15 is 0 Å². The molecule has 1 N–H and O–H groups in total. The van der Waals surface area contributed by atoms with E-state index in [9.17, 15) is 9.18 Å². The summed E-state index contributed by atoms with van der Waals surface area (Å²) < 4.78 is 18.2. The van der Waals surface area contributed by atoms with Crippen LogP contribution in [0.4, 0.5) is 4.39 Å². The number of carboxylic acid groups (broad SMARTS) is 1. The molecule has 0 aliphatic carbocycles. The number of carboxylic acids is 1. The van der Waals surface area contributed by atoms with Crippen molar-refractivity contribution < 1.29 is 19.0 Å². The topological polar surface area (TPSA) is 46.5 Å². The highest BCUT2D eigenvalue weighted by atomic mass is 79.9. The number of ether oxygens (including phenoxy) is 1. The third-order valence-electron chi connectivity index (χ3n) is 1.59. The van der Waals surface area contributed by atoms with Crippen molar-refractivity contribution in [1.82, 2.24) is 0 Å². The summed E-state index contributed by atoms with van der Waals surface area (Å²) in [5.41, 5.74) is -0.166. The minimum atomic E-state index is -1.22. The number of terminal acetylenes is 1. The first-order valence-electron chi connectivity index (χ1n) is 3.85. The predicted molar refractivity (Wildman–Crippen MR) is 55.4 cm³/mol. The maximum atomic E-state index is 13.4. The Morgan fingerprint density at radius 1 is 1.67 bits per heavy atom. The first-order chi connectivity index (χ1) is 7.07. The highest BCUT2D eigenvalue weighted by Gasteiger charge is 2.16. The average molecular weight is 273 g/mol. The second-order valence-electron chi connectivity index (χ2n) is 2.54. The normalized spacial score (nSPS) is 9.40. The fraction of sp³-hybridized carbons (Fsp3) is 0.100. The molecule has 0 aliphatic rings. The Kier molecular flexibility index (Phi) is 3.69. The minimum Gasteiger partial charge on any atom is -0.478 e. The van der Waals surface area contributed by atoms with Gasteiger partial charge in [0.2, 0.25) is 0 Å². The lowest BCUT2D eigenvalue weighted by atomic mass is 10.2. The van der Waals surface area contributed by atoms with E-state index in [1.54, 1.807) is 0 Å². The Hall–Kier alpha value is -1.54. The molecular formula is C10H6BrFO3. The van der Waals surface area contributed by atoms with Gasteiger partial charge in [-0.25, -0.2) is 9.18 Å². The molecule has 0 atom stereocenters. The van der Waals surface area contributed by atoms with Crippen molar-refractivity contribution in [2.24, 2.45) is 0 Å². The molecule has 0 saturated heterocycles. The summed E-state index contributed by atoms with van der Waals surface area (Å²) in [5.74, 6) is 0.110. The van der Waals surface area contributed by atoms with Crippen molar-refractivity contribution in [3.05, 3.63) is 28.0 Å². The van der Waals surface area contributed by atoms with E-state index in [0.717, 1.165) is 0 Å². The number of benzene rings is 1. The smallest absolute Gasteiger partial charge is 0.336 e. The summed E-state index contributed by atoms with van der Waals surface area (Å²) in [7, 11) is 0. The number of rotatable bonds is 3. The number of aromatic carboxylic acids is 1. The lowest BCUT2D eigenvalue weighted by molar-refractivity contribution is 0.0695. The van der Waals surface area contributed by atoms with Crippen molar-refractivity contribution >= 4 is 21.9 Å². The Bertz CT molecular complexity index is 437. The Labute approximate surface area is 94.0 Å². The van der Waals surface area contributed by atoms with E-state index in [1.165, 1.54) is 12.1 Å². The van der Waals surface area contributed by atoms with Gasteiger partial charge in [-0.05, 0) is 28.1 Å². The van der Waals surface area contributed by atoms with Crippen LogP contribution in [0, 0.1) is 18.2 Å². The molecule has 1 aromatic rings. The van der Waals surface area contributed by atoms with Gasteiger partial charge in [0.25, 0.3) is 0 Å². The van der Waals surface area contributed by atoms with Gasteiger partial charge in [0.05, 0.1) is 10.0 Å². The first-order valence-corrected chi connectivity index (χ1v) is 4.64. The number of hydrogen-bond acceptors (Lipinski definition) is 2. The van der Waals surface area contributed by atoms with E-state index in [-0.39, 0.29) is 22.4 Å². The van der Waals surface area contributed by atoms with E-state index in [1.807, 2.05) is 0 Å². The molecule has 0 bridgehead atoms. The Morgan fingerprint density at radius 3 is 2.87 bits per heavy atom. The SMILES string of the molecule is C#CCOc1ccc(C(=O)O)c(Br)c1F. The summed E-state index contributed by atoms with van der Waals surface area (Å²) in [6.07, 6.45) is 4.94. The molecule has 0 amide bonds. The molecule has 0 unspecified atom stereocenters. The standard InChI is InChI=1S/C10H6BrFO3/c1-2-5-15-7-4-3-6(10(13)14)8(11)9(7)12/h1,3-4H,5H2,(H,13,14). The fourth-order valence-corrected chi connectivity index (χ4v) is 1.42. The van der Waals surface area contributed by atoms with Gasteiger partial charge in [-0.3, -0.25) is 0 Å². The third kappa shape index (κ3) is 2.48. The molecule has 3 nitrogen and oxygen atoms in total. The van der Waals surface area contributed by atoms with Crippen LogP contribution in [0.3, 0.4) is 0 Å². The van der Waals surface area contributed by atoms with Gasteiger partial charge in [0.1, 0.15) is 6.61 Å². The van der Waals surface area contributed by atoms with Gasteiger partial charge < -0.3 is 9.84 Å². The van der Waals surface area contributed by atoms with Crippen LogP contribution in [-0.4, -0.2) is 17.7 Å². The van der Waals surface area contributed by atoms with Crippen LogP contribution < -0.4 is 4.74 Å². The molecule has 0 spiro atoms. The molecular weight excluding hydrogens is 267 g/mol. The zero-order valence-corrected chi connectivity index (χ0v) is 9.04. The monoisotopic (exact) mass is 272 g/mol. The predicted octanol–water partition coefficient (Wildman–Crippen LogP) is 2.30. The zero-order valence-electron chi connectivity index (χ0n) is 7.46. The molecule has 0 aromatic heterocycles. The van der Waals surface area contributed by atoms with Crippen molar-refractivity contribution in [3.63, 3.8) is 0 Å². The molecule has 1 aromatic carbocycles. The van der Waals surface area contributed by atoms with Gasteiger partial charge in [-0.2, -0.15) is 0 Å². The molecule has 5 heteroatoms. The number of hydrogen-bond donors (Lipinski definition) is 1. The van der Waals surface area contributed by atoms with Crippen LogP contribution in [0.5, 0.6) is 5.75 Å². The highest BCUT2D eigenvalue weighted by molar-refractivity contribution is 9.10. The van der Waals surface area contributed by atoms with Crippen LogP contribution >= 0.6 is 15.9 Å². The molecule has 0 radical (unpaired) electrons. The fourth-order valence-electron chi connectivity index (χ4n) is 0.928. The highest BCUT2D eigenvalue weighted by Crippen LogP contribution is 2.28. The van der Waals surface area contributed by atoms with E-state index in [2.05, 4.69) is 21.9 Å². The largest absolute Gasteiger partial charge is 0.478 e. The molecule has 1 rings (SSSR count). The summed E-state index contributed by atoms with van der Waals surface area (Å²) in [5, 5.41) is 8.69. The molecule has 0 fully saturated rings. The van der Waals surface area contributed by atoms with E-state index in [4.69, 9.17) is 16.3 Å². The molecule has 0 heterocycles. The van der Waals surface area contributed by atoms with Crippen molar-refractivity contribution in [1.29, 1.82) is 0 Å². The van der Waals surface area contributed by atoms with Crippen LogP contribution in [-0.2, 0) is 0 Å². The summed E-state index contributed by atoms with van der Waals surface area (Å²) in [4.78, 5) is 10.6. The molecule has 78 valence electrons. The summed E-state index contributed by atoms with van der Waals surface area (Å²) in [6, 6.07) is 2.46. The number of halogens is 2. The average Bonchev–Trinajstić information content (AvgIpc) is 2.20. The van der Waals surface area contributed by atoms with E-state index in [0.29, 0.717) is 0 Å². The first kappa shape index (κ1) is 11.5. The second-order valence-corrected chi connectivity index (χ2v) is 3.33. The molecule has 15 heavy (non-hydrogen) atoms. The van der Waals surface area contributed by atoms with Crippen LogP contribution in [0.2, 0.25) is 0 Å². The molecule has 0 aliphatic heterocycles. The van der Waals surface area contributed by atoms with Gasteiger partial charge in [0.15, 0.2) is 11.6 Å². The van der Waals surface area contributed by atoms with Crippen LogP contribution in [0.25, 0.3) is 0 Å². The number of carbonyl (C=O) groups is 1. The maximum Gasteiger partial charge on any atom is 0.336 e. The third-order valence-corrected chi connectivity index (χ3v) is 2.36. The van der Waals surface area contributed by atoms with Gasteiger partial charge >= 0.3 is 5.97 Å². The molecule has 0 saturated carbocycles. The minimum absolute atomic E-state index is 0.0736. The summed E-state index contributed by atoms with van der Waals surface area (Å²) >= 11 is 2.84. The van der Waals surface area contributed by atoms with Gasteiger partial charge in [0, 0.05) is 0 Å².